The van der Waals surface area contributed by atoms with E-state index in [4.69, 9.17) is 15.1 Å². The van der Waals surface area contributed by atoms with Crippen LogP contribution in [0.15, 0.2) is 167 Å². The van der Waals surface area contributed by atoms with Crippen molar-refractivity contribution in [2.75, 3.05) is 5.73 Å². The lowest BCUT2D eigenvalue weighted by Crippen LogP contribution is -2.45. The summed E-state index contributed by atoms with van der Waals surface area (Å²) in [6, 6.07) is 53.6. The molecule has 55 heavy (non-hydrogen) atoms. The Morgan fingerprint density at radius 1 is 0.709 bits per heavy atom. The van der Waals surface area contributed by atoms with Crippen molar-refractivity contribution in [1.29, 1.82) is 0 Å². The van der Waals surface area contributed by atoms with Crippen LogP contribution in [0.4, 0.5) is 5.88 Å². The normalized spacial score (nSPS) is 16.5. The maximum Gasteiger partial charge on any atom is 0.199 e. The van der Waals surface area contributed by atoms with E-state index in [2.05, 4.69) is 167 Å². The second-order valence-electron chi connectivity index (χ2n) is 14.1. The number of hydrogen-bond acceptors (Lipinski definition) is 6. The zero-order valence-corrected chi connectivity index (χ0v) is 30.8. The fourth-order valence-corrected chi connectivity index (χ4v) is 9.86. The number of aliphatic imine (C=N–C) groups is 1. The van der Waals surface area contributed by atoms with Crippen LogP contribution in [0.1, 0.15) is 35.9 Å². The number of anilines is 1. The maximum absolute atomic E-state index is 6.97. The van der Waals surface area contributed by atoms with Gasteiger partial charge in [0.2, 0.25) is 0 Å². The lowest BCUT2D eigenvalue weighted by Gasteiger charge is -2.33. The summed E-state index contributed by atoms with van der Waals surface area (Å²) in [6.07, 6.45) is 1.56. The van der Waals surface area contributed by atoms with E-state index in [9.17, 15) is 0 Å². The predicted molar refractivity (Wildman–Crippen MR) is 231 cm³/mol. The summed E-state index contributed by atoms with van der Waals surface area (Å²) in [7, 11) is 0. The minimum atomic E-state index is -0.303. The Morgan fingerprint density at radius 2 is 1.44 bits per heavy atom. The first-order valence-corrected chi connectivity index (χ1v) is 19.4. The van der Waals surface area contributed by atoms with Gasteiger partial charge in [-0.2, -0.15) is 0 Å². The Bertz CT molecular complexity index is 3200. The quantitative estimate of drug-likeness (QED) is 0.165. The summed E-state index contributed by atoms with van der Waals surface area (Å²) < 4.78 is 11.5. The molecule has 3 aromatic heterocycles. The number of aromatic nitrogens is 1. The zero-order valence-electron chi connectivity index (χ0n) is 30.0. The molecule has 10 aromatic rings. The minimum Gasteiger partial charge on any atom is -0.438 e. The third-order valence-corrected chi connectivity index (χ3v) is 12.3. The summed E-state index contributed by atoms with van der Waals surface area (Å²) >= 11 is 1.83. The molecule has 0 spiro atoms. The van der Waals surface area contributed by atoms with Gasteiger partial charge in [0.1, 0.15) is 18.2 Å². The molecule has 1 aliphatic rings. The van der Waals surface area contributed by atoms with E-state index < -0.39 is 0 Å². The SMILES string of the molecule is C/C=C(/C1=NC(c2ccccc2)NC(c2cccc3c2sc2ccccc23)N1)c1c(N)oc2c(-n3c4ccccc4c4ccc5ccccc5c43)cccc12. The van der Waals surface area contributed by atoms with Gasteiger partial charge in [0.25, 0.3) is 0 Å². The third kappa shape index (κ3) is 4.87. The van der Waals surface area contributed by atoms with Crippen LogP contribution in [0.25, 0.3) is 75.0 Å². The fourth-order valence-electron chi connectivity index (χ4n) is 8.61. The Kier molecular flexibility index (Phi) is 7.20. The van der Waals surface area contributed by atoms with Crippen molar-refractivity contribution in [3.05, 3.63) is 174 Å². The molecule has 2 unspecified atom stereocenters. The minimum absolute atomic E-state index is 0.231. The third-order valence-electron chi connectivity index (χ3n) is 11.1. The first kappa shape index (κ1) is 31.8. The van der Waals surface area contributed by atoms with Gasteiger partial charge >= 0.3 is 0 Å². The number of nitrogens with one attached hydrogen (secondary N) is 2. The van der Waals surface area contributed by atoms with Gasteiger partial charge in [-0.15, -0.1) is 11.3 Å². The van der Waals surface area contributed by atoms with Gasteiger partial charge in [-0.1, -0.05) is 140 Å². The van der Waals surface area contributed by atoms with Crippen LogP contribution in [-0.4, -0.2) is 10.4 Å². The predicted octanol–water partition coefficient (Wildman–Crippen LogP) is 12.0. The van der Waals surface area contributed by atoms with Gasteiger partial charge in [-0.25, -0.2) is 4.99 Å². The van der Waals surface area contributed by atoms with Crippen molar-refractivity contribution < 1.29 is 4.42 Å². The van der Waals surface area contributed by atoms with E-state index in [0.29, 0.717) is 5.88 Å². The molecule has 0 saturated carbocycles. The average Bonchev–Trinajstić information content (AvgIpc) is 3.90. The molecule has 0 radical (unpaired) electrons. The van der Waals surface area contributed by atoms with Gasteiger partial charge in [-0.05, 0) is 36.1 Å². The molecule has 2 atom stereocenters. The molecule has 0 saturated heterocycles. The monoisotopic (exact) mass is 729 g/mol. The van der Waals surface area contributed by atoms with Gasteiger partial charge in [0.15, 0.2) is 11.5 Å². The Hall–Kier alpha value is -6.67. The molecule has 11 rings (SSSR count). The van der Waals surface area contributed by atoms with Crippen LogP contribution in [0.3, 0.4) is 0 Å². The lowest BCUT2D eigenvalue weighted by atomic mass is 9.99. The van der Waals surface area contributed by atoms with Gasteiger partial charge in [-0.3, -0.25) is 5.32 Å². The Labute approximate surface area is 320 Å². The topological polar surface area (TPSA) is 80.5 Å². The van der Waals surface area contributed by atoms with E-state index in [1.807, 2.05) is 24.3 Å². The number of nitrogen functional groups attached to an aromatic ring is 1. The number of furan rings is 1. The largest absolute Gasteiger partial charge is 0.438 e. The lowest BCUT2D eigenvalue weighted by molar-refractivity contribution is 0.412. The molecular weight excluding hydrogens is 695 g/mol. The van der Waals surface area contributed by atoms with Crippen LogP contribution in [0.2, 0.25) is 0 Å². The van der Waals surface area contributed by atoms with Crippen molar-refractivity contribution in [3.63, 3.8) is 0 Å². The number of thiophene rings is 1. The smallest absolute Gasteiger partial charge is 0.199 e. The number of allylic oxidation sites excluding steroid dienone is 1. The molecule has 0 bridgehead atoms. The molecule has 7 aromatic carbocycles. The van der Waals surface area contributed by atoms with E-state index >= 15 is 0 Å². The summed E-state index contributed by atoms with van der Waals surface area (Å²) in [4.78, 5) is 5.34. The highest BCUT2D eigenvalue weighted by Gasteiger charge is 2.31. The number of nitrogens with zero attached hydrogens (tertiary/aromatic N) is 2. The fraction of sp³-hybridized carbons (Fsp3) is 0.0625. The molecule has 4 heterocycles. The molecule has 0 aliphatic carbocycles. The second kappa shape index (κ2) is 12.5. The van der Waals surface area contributed by atoms with Crippen molar-refractivity contribution in [2.45, 2.75) is 19.3 Å². The summed E-state index contributed by atoms with van der Waals surface area (Å²) in [5, 5.41) is 15.9. The van der Waals surface area contributed by atoms with Crippen LogP contribution in [0, 0.1) is 0 Å². The number of hydrogen-bond donors (Lipinski definition) is 3. The maximum atomic E-state index is 6.97. The highest BCUT2D eigenvalue weighted by atomic mass is 32.1. The van der Waals surface area contributed by atoms with Gasteiger partial charge < -0.3 is 20.0 Å². The van der Waals surface area contributed by atoms with Crippen molar-refractivity contribution >= 4 is 92.3 Å². The van der Waals surface area contributed by atoms with Gasteiger partial charge in [0, 0.05) is 52.9 Å². The zero-order chi connectivity index (χ0) is 36.6. The average molecular weight is 730 g/mol. The van der Waals surface area contributed by atoms with E-state index in [1.54, 1.807) is 0 Å². The van der Waals surface area contributed by atoms with Crippen LogP contribution in [-0.2, 0) is 0 Å². The van der Waals surface area contributed by atoms with E-state index in [0.717, 1.165) is 50.2 Å². The van der Waals surface area contributed by atoms with Crippen LogP contribution in [0.5, 0.6) is 0 Å². The van der Waals surface area contributed by atoms with E-state index in [1.165, 1.54) is 47.3 Å². The number of rotatable bonds is 5. The molecular formula is C48H35N5OS. The molecule has 264 valence electrons. The number of benzene rings is 7. The summed E-state index contributed by atoms with van der Waals surface area (Å²) in [5.41, 5.74) is 14.8. The Morgan fingerprint density at radius 3 is 2.31 bits per heavy atom. The summed E-state index contributed by atoms with van der Waals surface area (Å²) in [6.45, 7) is 2.04. The van der Waals surface area contributed by atoms with Crippen LogP contribution < -0.4 is 16.4 Å². The molecule has 0 fully saturated rings. The highest BCUT2D eigenvalue weighted by Crippen LogP contribution is 2.43. The first-order valence-electron chi connectivity index (χ1n) is 18.6. The second-order valence-corrected chi connectivity index (χ2v) is 15.1. The molecule has 1 aliphatic heterocycles. The first-order chi connectivity index (χ1) is 27.2. The highest BCUT2D eigenvalue weighted by molar-refractivity contribution is 7.26. The number of amidine groups is 1. The van der Waals surface area contributed by atoms with Crippen LogP contribution >= 0.6 is 11.3 Å². The Balaban J connectivity index is 1.09. The van der Waals surface area contributed by atoms with Gasteiger partial charge in [0.05, 0.1) is 22.3 Å². The number of fused-ring (bicyclic) bond motifs is 9. The summed E-state index contributed by atoms with van der Waals surface area (Å²) in [5.74, 6) is 1.10. The van der Waals surface area contributed by atoms with E-state index in [-0.39, 0.29) is 12.3 Å². The number of para-hydroxylation sites is 2. The molecule has 0 amide bonds. The molecule has 6 nitrogen and oxygen atoms in total. The van der Waals surface area contributed by atoms with Crippen molar-refractivity contribution in [2.24, 2.45) is 4.99 Å². The number of nitrogens with two attached hydrogens (primary N) is 1. The molecule has 4 N–H and O–H groups in total. The molecule has 7 heteroatoms. The standard InChI is InChI=1S/C48H35N5OS/c1-2-30(47-50-46(29-15-4-3-5-16-29)51-48(52-47)37-22-12-20-35-33-19-9-11-25-40(33)55-44(35)37)41-36-21-13-24-39(43(36)54-45(41)49)53-38-23-10-8-18-32(38)34-27-26-28-14-6-7-17-31(28)42(34)53/h2-27,46,48,51H,49H2,1H3,(H,50,52)/b30-2+. The van der Waals surface area contributed by atoms with Crippen molar-refractivity contribution in [1.82, 2.24) is 15.2 Å². The van der Waals surface area contributed by atoms with Crippen molar-refractivity contribution in [3.8, 4) is 5.69 Å².